The van der Waals surface area contributed by atoms with Crippen molar-refractivity contribution in [3.63, 3.8) is 0 Å². The summed E-state index contributed by atoms with van der Waals surface area (Å²) >= 11 is 0. The van der Waals surface area contributed by atoms with Crippen LogP contribution in [0.1, 0.15) is 37.8 Å². The lowest BCUT2D eigenvalue weighted by Crippen LogP contribution is -2.40. The van der Waals surface area contributed by atoms with Gasteiger partial charge < -0.3 is 16.0 Å². The van der Waals surface area contributed by atoms with Crippen LogP contribution in [-0.4, -0.2) is 31.5 Å². The van der Waals surface area contributed by atoms with Crippen LogP contribution in [0.2, 0.25) is 0 Å². The van der Waals surface area contributed by atoms with Crippen LogP contribution in [0, 0.1) is 6.92 Å². The molecular formula is C17H29IN4O. The van der Waals surface area contributed by atoms with Gasteiger partial charge in [0.25, 0.3) is 0 Å². The molecule has 1 unspecified atom stereocenters. The Morgan fingerprint density at radius 2 is 1.87 bits per heavy atom. The molecule has 1 aromatic rings. The van der Waals surface area contributed by atoms with Crippen molar-refractivity contribution >= 4 is 35.8 Å². The highest BCUT2D eigenvalue weighted by molar-refractivity contribution is 14.0. The number of benzene rings is 1. The first-order chi connectivity index (χ1) is 10.5. The zero-order valence-electron chi connectivity index (χ0n) is 14.5. The third kappa shape index (κ3) is 9.43. The number of nitrogens with one attached hydrogen (secondary N) is 3. The summed E-state index contributed by atoms with van der Waals surface area (Å²) in [6.07, 6.45) is 1.38. The van der Waals surface area contributed by atoms with Gasteiger partial charge in [0.1, 0.15) is 0 Å². The Hall–Kier alpha value is -1.31. The number of guanidine groups is 1. The Labute approximate surface area is 156 Å². The number of hydrogen-bond donors (Lipinski definition) is 3. The van der Waals surface area contributed by atoms with E-state index in [1.807, 2.05) is 6.92 Å². The van der Waals surface area contributed by atoms with Crippen molar-refractivity contribution in [2.24, 2.45) is 4.99 Å². The van der Waals surface area contributed by atoms with Gasteiger partial charge in [-0.1, -0.05) is 36.8 Å². The molecule has 0 aliphatic carbocycles. The minimum absolute atomic E-state index is 0. The van der Waals surface area contributed by atoms with Crippen LogP contribution in [0.15, 0.2) is 29.3 Å². The van der Waals surface area contributed by atoms with Crippen LogP contribution in [0.3, 0.4) is 0 Å². The summed E-state index contributed by atoms with van der Waals surface area (Å²) in [5.74, 6) is 0.771. The van der Waals surface area contributed by atoms with Gasteiger partial charge in [-0.2, -0.15) is 0 Å². The molecule has 0 bridgehead atoms. The Morgan fingerprint density at radius 3 is 2.43 bits per heavy atom. The largest absolute Gasteiger partial charge is 0.356 e. The molecule has 0 aliphatic rings. The predicted octanol–water partition coefficient (Wildman–Crippen LogP) is 2.58. The maximum Gasteiger partial charge on any atom is 0.221 e. The van der Waals surface area contributed by atoms with Crippen molar-refractivity contribution in [3.05, 3.63) is 35.4 Å². The van der Waals surface area contributed by atoms with Crippen molar-refractivity contribution in [2.75, 3.05) is 13.6 Å². The molecule has 0 fully saturated rings. The molecule has 0 spiro atoms. The smallest absolute Gasteiger partial charge is 0.221 e. The van der Waals surface area contributed by atoms with Crippen LogP contribution >= 0.6 is 24.0 Å². The van der Waals surface area contributed by atoms with Gasteiger partial charge in [0, 0.05) is 32.6 Å². The molecule has 3 N–H and O–H groups in total. The number of carbonyl (C=O) groups is 1. The first kappa shape index (κ1) is 21.7. The fourth-order valence-corrected chi connectivity index (χ4v) is 1.86. The second-order valence-corrected chi connectivity index (χ2v) is 5.46. The molecule has 1 aromatic carbocycles. The number of amides is 1. The number of nitrogens with zero attached hydrogens (tertiary/aromatic N) is 1. The van der Waals surface area contributed by atoms with Gasteiger partial charge >= 0.3 is 0 Å². The van der Waals surface area contributed by atoms with Gasteiger partial charge in [-0.15, -0.1) is 24.0 Å². The summed E-state index contributed by atoms with van der Waals surface area (Å²) < 4.78 is 0. The lowest BCUT2D eigenvalue weighted by atomic mass is 10.1. The summed E-state index contributed by atoms with van der Waals surface area (Å²) in [7, 11) is 1.73. The maximum atomic E-state index is 11.7. The predicted molar refractivity (Wildman–Crippen MR) is 107 cm³/mol. The Kier molecular flexibility index (Phi) is 11.5. The van der Waals surface area contributed by atoms with E-state index in [1.165, 1.54) is 11.1 Å². The van der Waals surface area contributed by atoms with E-state index in [0.717, 1.165) is 6.42 Å². The Bertz CT molecular complexity index is 488. The van der Waals surface area contributed by atoms with Crippen LogP contribution in [0.25, 0.3) is 0 Å². The van der Waals surface area contributed by atoms with Gasteiger partial charge in [0.2, 0.25) is 5.91 Å². The van der Waals surface area contributed by atoms with E-state index >= 15 is 0 Å². The first-order valence-electron chi connectivity index (χ1n) is 7.84. The monoisotopic (exact) mass is 432 g/mol. The summed E-state index contributed by atoms with van der Waals surface area (Å²) in [6.45, 7) is 7.41. The lowest BCUT2D eigenvalue weighted by molar-refractivity contribution is -0.121. The summed E-state index contributed by atoms with van der Waals surface area (Å²) in [5.41, 5.74) is 2.45. The molecule has 1 rings (SSSR count). The first-order valence-corrected chi connectivity index (χ1v) is 7.84. The van der Waals surface area contributed by atoms with E-state index in [2.05, 4.69) is 59.1 Å². The third-order valence-electron chi connectivity index (χ3n) is 3.47. The zero-order chi connectivity index (χ0) is 16.4. The number of halogens is 1. The quantitative estimate of drug-likeness (QED) is 0.353. The minimum Gasteiger partial charge on any atom is -0.356 e. The standard InChI is InChI=1S/C17H28N4O.HI/c1-5-14(3)21-16(22)10-11-19-17(18-4)20-12-15-8-6-13(2)7-9-15;/h6-9,14H,5,10-12H2,1-4H3,(H,21,22)(H2,18,19,20);1H. The van der Waals surface area contributed by atoms with Gasteiger partial charge in [-0.3, -0.25) is 9.79 Å². The molecule has 1 atom stereocenters. The lowest BCUT2D eigenvalue weighted by Gasteiger charge is -2.14. The minimum atomic E-state index is 0. The SMILES string of the molecule is CCC(C)NC(=O)CCNC(=NC)NCc1ccc(C)cc1.I. The topological polar surface area (TPSA) is 65.5 Å². The molecule has 0 saturated heterocycles. The second kappa shape index (κ2) is 12.2. The number of aliphatic imine (C=N–C) groups is 1. The number of aryl methyl sites for hydroxylation is 1. The van der Waals surface area contributed by atoms with E-state index in [0.29, 0.717) is 25.5 Å². The highest BCUT2D eigenvalue weighted by Crippen LogP contribution is 2.02. The van der Waals surface area contributed by atoms with Crippen molar-refractivity contribution in [3.8, 4) is 0 Å². The van der Waals surface area contributed by atoms with E-state index in [4.69, 9.17) is 0 Å². The highest BCUT2D eigenvalue weighted by Gasteiger charge is 2.05. The van der Waals surface area contributed by atoms with Crippen molar-refractivity contribution < 1.29 is 4.79 Å². The van der Waals surface area contributed by atoms with Gasteiger partial charge in [-0.05, 0) is 25.8 Å². The molecule has 23 heavy (non-hydrogen) atoms. The van der Waals surface area contributed by atoms with E-state index < -0.39 is 0 Å². The summed E-state index contributed by atoms with van der Waals surface area (Å²) in [6, 6.07) is 8.59. The fraction of sp³-hybridized carbons (Fsp3) is 0.529. The fourth-order valence-electron chi connectivity index (χ4n) is 1.86. The molecule has 0 aliphatic heterocycles. The van der Waals surface area contributed by atoms with Crippen LogP contribution in [0.4, 0.5) is 0 Å². The van der Waals surface area contributed by atoms with Gasteiger partial charge in [-0.25, -0.2) is 0 Å². The number of hydrogen-bond acceptors (Lipinski definition) is 2. The summed E-state index contributed by atoms with van der Waals surface area (Å²) in [5, 5.41) is 9.33. The van der Waals surface area contributed by atoms with Crippen molar-refractivity contribution in [1.82, 2.24) is 16.0 Å². The Morgan fingerprint density at radius 1 is 1.22 bits per heavy atom. The number of carbonyl (C=O) groups excluding carboxylic acids is 1. The van der Waals surface area contributed by atoms with E-state index in [9.17, 15) is 4.79 Å². The van der Waals surface area contributed by atoms with Gasteiger partial charge in [0.05, 0.1) is 0 Å². The molecule has 0 aromatic heterocycles. The average molecular weight is 432 g/mol. The molecule has 130 valence electrons. The van der Waals surface area contributed by atoms with E-state index in [-0.39, 0.29) is 35.9 Å². The zero-order valence-corrected chi connectivity index (χ0v) is 16.8. The van der Waals surface area contributed by atoms with Gasteiger partial charge in [0.15, 0.2) is 5.96 Å². The average Bonchev–Trinajstić information content (AvgIpc) is 2.52. The normalized spacial score (nSPS) is 12.1. The van der Waals surface area contributed by atoms with Crippen LogP contribution in [-0.2, 0) is 11.3 Å². The van der Waals surface area contributed by atoms with E-state index in [1.54, 1.807) is 7.05 Å². The molecular weight excluding hydrogens is 403 g/mol. The van der Waals surface area contributed by atoms with Crippen molar-refractivity contribution in [2.45, 2.75) is 46.2 Å². The molecule has 5 nitrogen and oxygen atoms in total. The molecule has 0 saturated carbocycles. The molecule has 1 amide bonds. The van der Waals surface area contributed by atoms with Crippen LogP contribution in [0.5, 0.6) is 0 Å². The van der Waals surface area contributed by atoms with Crippen molar-refractivity contribution in [1.29, 1.82) is 0 Å². The number of rotatable bonds is 7. The molecule has 6 heteroatoms. The van der Waals surface area contributed by atoms with Crippen LogP contribution < -0.4 is 16.0 Å². The highest BCUT2D eigenvalue weighted by atomic mass is 127. The Balaban J connectivity index is 0.00000484. The second-order valence-electron chi connectivity index (χ2n) is 5.46. The molecule has 0 radical (unpaired) electrons. The summed E-state index contributed by atoms with van der Waals surface area (Å²) in [4.78, 5) is 15.8. The molecule has 0 heterocycles. The maximum absolute atomic E-state index is 11.7. The third-order valence-corrected chi connectivity index (χ3v) is 3.47.